The predicted molar refractivity (Wildman–Crippen MR) is 95.4 cm³/mol. The summed E-state index contributed by atoms with van der Waals surface area (Å²) in [5, 5.41) is 3.46. The second-order valence-corrected chi connectivity index (χ2v) is 6.23. The highest BCUT2D eigenvalue weighted by molar-refractivity contribution is 5.64. The van der Waals surface area contributed by atoms with Crippen LogP contribution in [-0.2, 0) is 0 Å². The van der Waals surface area contributed by atoms with E-state index in [1.165, 1.54) is 0 Å². The quantitative estimate of drug-likeness (QED) is 0.805. The lowest BCUT2D eigenvalue weighted by molar-refractivity contribution is 0.199. The molecule has 124 valence electrons. The van der Waals surface area contributed by atoms with Crippen LogP contribution in [0.5, 0.6) is 5.75 Å². The van der Waals surface area contributed by atoms with Gasteiger partial charge < -0.3 is 10.1 Å². The zero-order valence-electron chi connectivity index (χ0n) is 14.1. The number of methoxy groups -OCH3 is 1. The summed E-state index contributed by atoms with van der Waals surface area (Å²) in [6.45, 7) is 3.03. The second-order valence-electron chi connectivity index (χ2n) is 6.23. The van der Waals surface area contributed by atoms with Crippen molar-refractivity contribution >= 4 is 5.65 Å². The molecule has 5 heteroatoms. The Labute approximate surface area is 141 Å². The van der Waals surface area contributed by atoms with Gasteiger partial charge in [-0.2, -0.15) is 0 Å². The molecule has 3 heterocycles. The normalized spacial score (nSPS) is 18.8. The average molecular weight is 322 g/mol. The maximum atomic E-state index is 5.26. The van der Waals surface area contributed by atoms with E-state index in [1.807, 2.05) is 12.1 Å². The fourth-order valence-electron chi connectivity index (χ4n) is 3.32. The van der Waals surface area contributed by atoms with Crippen LogP contribution in [0.1, 0.15) is 11.7 Å². The summed E-state index contributed by atoms with van der Waals surface area (Å²) < 4.78 is 7.44. The molecule has 1 atom stereocenters. The van der Waals surface area contributed by atoms with Crippen LogP contribution in [0.4, 0.5) is 0 Å². The number of aromatic nitrogens is 2. The number of rotatable bonds is 3. The third kappa shape index (κ3) is 2.66. The molecule has 1 aliphatic heterocycles. The van der Waals surface area contributed by atoms with Gasteiger partial charge in [0.1, 0.15) is 11.4 Å². The van der Waals surface area contributed by atoms with Crippen molar-refractivity contribution in [3.63, 3.8) is 0 Å². The van der Waals surface area contributed by atoms with Crippen molar-refractivity contribution < 1.29 is 4.74 Å². The van der Waals surface area contributed by atoms with E-state index in [4.69, 9.17) is 9.72 Å². The first-order valence-corrected chi connectivity index (χ1v) is 8.29. The van der Waals surface area contributed by atoms with Gasteiger partial charge in [0.15, 0.2) is 0 Å². The molecule has 24 heavy (non-hydrogen) atoms. The number of imidazole rings is 1. The van der Waals surface area contributed by atoms with Gasteiger partial charge in [0.25, 0.3) is 0 Å². The van der Waals surface area contributed by atoms with Gasteiger partial charge in [-0.15, -0.1) is 0 Å². The highest BCUT2D eigenvalue weighted by atomic mass is 16.5. The molecular weight excluding hydrogens is 300 g/mol. The van der Waals surface area contributed by atoms with Gasteiger partial charge in [0, 0.05) is 25.8 Å². The van der Waals surface area contributed by atoms with Gasteiger partial charge in [-0.25, -0.2) is 4.98 Å². The number of nitrogens with zero attached hydrogens (tertiary/aromatic N) is 3. The summed E-state index contributed by atoms with van der Waals surface area (Å²) in [7, 11) is 3.85. The van der Waals surface area contributed by atoms with Crippen LogP contribution >= 0.6 is 0 Å². The molecule has 1 saturated heterocycles. The molecule has 1 N–H and O–H groups in total. The number of piperazine rings is 1. The van der Waals surface area contributed by atoms with E-state index in [1.54, 1.807) is 7.11 Å². The maximum Gasteiger partial charge on any atom is 0.137 e. The van der Waals surface area contributed by atoms with Crippen LogP contribution in [0.2, 0.25) is 0 Å². The minimum absolute atomic E-state index is 0.322. The molecule has 0 spiro atoms. The molecule has 2 aromatic heterocycles. The van der Waals surface area contributed by atoms with E-state index in [0.717, 1.165) is 48.0 Å². The van der Waals surface area contributed by atoms with Gasteiger partial charge >= 0.3 is 0 Å². The summed E-state index contributed by atoms with van der Waals surface area (Å²) in [5.74, 6) is 0.868. The number of benzene rings is 1. The summed E-state index contributed by atoms with van der Waals surface area (Å²) in [6.07, 6.45) is 2.17. The van der Waals surface area contributed by atoms with Crippen LogP contribution in [0.3, 0.4) is 0 Å². The molecule has 5 nitrogen and oxygen atoms in total. The Bertz CT molecular complexity index is 840. The molecule has 1 aliphatic rings. The molecule has 0 saturated carbocycles. The topological polar surface area (TPSA) is 41.8 Å². The van der Waals surface area contributed by atoms with Crippen molar-refractivity contribution in [2.75, 3.05) is 33.8 Å². The number of ether oxygens (including phenoxy) is 1. The highest BCUT2D eigenvalue weighted by Gasteiger charge is 2.23. The Balaban J connectivity index is 1.76. The molecule has 1 aromatic carbocycles. The Morgan fingerprint density at radius 2 is 2.00 bits per heavy atom. The van der Waals surface area contributed by atoms with E-state index in [2.05, 4.69) is 58.2 Å². The van der Waals surface area contributed by atoms with Crippen LogP contribution < -0.4 is 10.1 Å². The molecule has 0 amide bonds. The number of hydrogen-bond acceptors (Lipinski definition) is 4. The molecule has 0 radical (unpaired) electrons. The second kappa shape index (κ2) is 6.26. The van der Waals surface area contributed by atoms with E-state index in [9.17, 15) is 0 Å². The third-order valence-electron chi connectivity index (χ3n) is 4.75. The van der Waals surface area contributed by atoms with Crippen molar-refractivity contribution in [3.05, 3.63) is 54.4 Å². The van der Waals surface area contributed by atoms with Crippen LogP contribution in [0.15, 0.2) is 48.7 Å². The van der Waals surface area contributed by atoms with Gasteiger partial charge in [-0.05, 0) is 49.0 Å². The first kappa shape index (κ1) is 15.2. The molecule has 3 aromatic rings. The van der Waals surface area contributed by atoms with Crippen molar-refractivity contribution in [1.82, 2.24) is 19.6 Å². The SMILES string of the molecule is COc1ccc(-c2cccc3nc([C@H]4CNCCN4C)cn23)cc1. The van der Waals surface area contributed by atoms with E-state index in [0.29, 0.717) is 6.04 Å². The standard InChI is InChI=1S/C19H22N4O/c1-22-11-10-20-12-18(22)16-13-23-17(4-3-5-19(23)21-16)14-6-8-15(24-2)9-7-14/h3-9,13,18,20H,10-12H2,1-2H3/t18-/m1/s1. The van der Waals surface area contributed by atoms with Gasteiger partial charge in [0.05, 0.1) is 24.5 Å². The van der Waals surface area contributed by atoms with Gasteiger partial charge in [-0.1, -0.05) is 6.07 Å². The Morgan fingerprint density at radius 1 is 1.17 bits per heavy atom. The minimum atomic E-state index is 0.322. The van der Waals surface area contributed by atoms with Gasteiger partial charge in [0.2, 0.25) is 0 Å². The molecule has 1 fully saturated rings. The van der Waals surface area contributed by atoms with Crippen LogP contribution in [-0.4, -0.2) is 48.1 Å². The predicted octanol–water partition coefficient (Wildman–Crippen LogP) is 2.59. The average Bonchev–Trinajstić information content (AvgIpc) is 3.06. The number of fused-ring (bicyclic) bond motifs is 1. The number of nitrogens with one attached hydrogen (secondary N) is 1. The van der Waals surface area contributed by atoms with E-state index in [-0.39, 0.29) is 0 Å². The summed E-state index contributed by atoms with van der Waals surface area (Å²) in [4.78, 5) is 7.23. The van der Waals surface area contributed by atoms with Crippen LogP contribution in [0.25, 0.3) is 16.9 Å². The fraction of sp³-hybridized carbons (Fsp3) is 0.316. The van der Waals surface area contributed by atoms with E-state index < -0.39 is 0 Å². The maximum absolute atomic E-state index is 5.26. The lowest BCUT2D eigenvalue weighted by Gasteiger charge is -2.31. The minimum Gasteiger partial charge on any atom is -0.497 e. The number of pyridine rings is 1. The summed E-state index contributed by atoms with van der Waals surface area (Å²) >= 11 is 0. The lowest BCUT2D eigenvalue weighted by Crippen LogP contribution is -2.43. The largest absolute Gasteiger partial charge is 0.497 e. The van der Waals surface area contributed by atoms with Crippen LogP contribution in [0, 0.1) is 0 Å². The Hall–Kier alpha value is -2.37. The molecule has 0 bridgehead atoms. The first-order valence-electron chi connectivity index (χ1n) is 8.29. The zero-order valence-corrected chi connectivity index (χ0v) is 14.1. The summed E-state index contributed by atoms with van der Waals surface area (Å²) in [6, 6.07) is 14.7. The van der Waals surface area contributed by atoms with Crippen molar-refractivity contribution in [2.24, 2.45) is 0 Å². The fourth-order valence-corrected chi connectivity index (χ4v) is 3.32. The van der Waals surface area contributed by atoms with Gasteiger partial charge in [-0.3, -0.25) is 9.30 Å². The number of likely N-dealkylation sites (N-methyl/N-ethyl adjacent to an activating group) is 1. The zero-order chi connectivity index (χ0) is 16.5. The lowest BCUT2D eigenvalue weighted by atomic mass is 10.1. The molecule has 0 unspecified atom stereocenters. The van der Waals surface area contributed by atoms with Crippen molar-refractivity contribution in [3.8, 4) is 17.0 Å². The Morgan fingerprint density at radius 3 is 2.75 bits per heavy atom. The monoisotopic (exact) mass is 322 g/mol. The molecule has 0 aliphatic carbocycles. The third-order valence-corrected chi connectivity index (χ3v) is 4.75. The smallest absolute Gasteiger partial charge is 0.137 e. The summed E-state index contributed by atoms with van der Waals surface area (Å²) in [5.41, 5.74) is 4.39. The van der Waals surface area contributed by atoms with E-state index >= 15 is 0 Å². The van der Waals surface area contributed by atoms with Crippen molar-refractivity contribution in [1.29, 1.82) is 0 Å². The first-order chi connectivity index (χ1) is 11.8. The Kier molecular flexibility index (Phi) is 3.96. The number of hydrogen-bond donors (Lipinski definition) is 1. The molecule has 4 rings (SSSR count). The molecular formula is C19H22N4O. The van der Waals surface area contributed by atoms with Crippen molar-refractivity contribution in [2.45, 2.75) is 6.04 Å². The highest BCUT2D eigenvalue weighted by Crippen LogP contribution is 2.26.